The van der Waals surface area contributed by atoms with Crippen LogP contribution in [0.15, 0.2) is 29.6 Å². The van der Waals surface area contributed by atoms with Crippen molar-refractivity contribution < 1.29 is 9.53 Å². The van der Waals surface area contributed by atoms with Crippen molar-refractivity contribution in [3.63, 3.8) is 0 Å². The normalized spacial score (nSPS) is 10.3. The highest BCUT2D eigenvalue weighted by Crippen LogP contribution is 2.29. The van der Waals surface area contributed by atoms with E-state index in [1.54, 1.807) is 29.6 Å². The van der Waals surface area contributed by atoms with Gasteiger partial charge in [0.2, 0.25) is 5.78 Å². The number of ether oxygens (including phenoxy) is 1. The van der Waals surface area contributed by atoms with Crippen molar-refractivity contribution in [2.24, 2.45) is 0 Å². The number of halogens is 2. The molecule has 2 nitrogen and oxygen atoms in total. The first-order valence-corrected chi connectivity index (χ1v) is 6.37. The Balaban J connectivity index is 2.43. The fourth-order valence-corrected chi connectivity index (χ4v) is 2.79. The van der Waals surface area contributed by atoms with Gasteiger partial charge in [-0.25, -0.2) is 0 Å². The summed E-state index contributed by atoms with van der Waals surface area (Å²) in [6.45, 7) is 0. The molecular formula is C12H8Cl2O2S. The van der Waals surface area contributed by atoms with E-state index >= 15 is 0 Å². The van der Waals surface area contributed by atoms with Crippen molar-refractivity contribution in [1.82, 2.24) is 0 Å². The largest absolute Gasteiger partial charge is 0.495 e. The summed E-state index contributed by atoms with van der Waals surface area (Å²) in [4.78, 5) is 12.8. The summed E-state index contributed by atoms with van der Waals surface area (Å²) in [5, 5.41) is 2.69. The topological polar surface area (TPSA) is 26.3 Å². The fraction of sp³-hybridized carbons (Fsp3) is 0.0833. The van der Waals surface area contributed by atoms with Crippen LogP contribution >= 0.6 is 34.5 Å². The third-order valence-corrected chi connectivity index (χ3v) is 3.51. The molecule has 0 spiro atoms. The number of methoxy groups -OCH3 is 1. The minimum atomic E-state index is -0.138. The third-order valence-electron chi connectivity index (χ3n) is 2.18. The molecule has 0 amide bonds. The van der Waals surface area contributed by atoms with Gasteiger partial charge in [0.05, 0.1) is 7.11 Å². The molecule has 1 aromatic carbocycles. The summed E-state index contributed by atoms with van der Waals surface area (Å²) in [7, 11) is 1.53. The SMILES string of the molecule is COc1ccsc1C(=O)c1cc(Cl)cc(Cl)c1. The van der Waals surface area contributed by atoms with Gasteiger partial charge < -0.3 is 4.74 Å². The van der Waals surface area contributed by atoms with Gasteiger partial charge in [0.1, 0.15) is 10.6 Å². The number of carbonyl (C=O) groups excluding carboxylic acids is 1. The molecule has 88 valence electrons. The summed E-state index contributed by atoms with van der Waals surface area (Å²) in [6, 6.07) is 6.53. The van der Waals surface area contributed by atoms with Crippen LogP contribution in [0, 0.1) is 0 Å². The Bertz CT molecular complexity index is 543. The molecule has 0 radical (unpaired) electrons. The highest BCUT2D eigenvalue weighted by Gasteiger charge is 2.16. The lowest BCUT2D eigenvalue weighted by atomic mass is 10.1. The van der Waals surface area contributed by atoms with Crippen molar-refractivity contribution in [2.45, 2.75) is 0 Å². The molecule has 2 aromatic rings. The number of benzene rings is 1. The van der Waals surface area contributed by atoms with Gasteiger partial charge in [-0.2, -0.15) is 0 Å². The molecule has 1 aromatic heterocycles. The number of carbonyl (C=O) groups is 1. The van der Waals surface area contributed by atoms with Crippen molar-refractivity contribution in [1.29, 1.82) is 0 Å². The quantitative estimate of drug-likeness (QED) is 0.787. The minimum absolute atomic E-state index is 0.138. The van der Waals surface area contributed by atoms with E-state index in [1.807, 2.05) is 0 Å². The molecule has 1 heterocycles. The van der Waals surface area contributed by atoms with Crippen molar-refractivity contribution in [2.75, 3.05) is 7.11 Å². The lowest BCUT2D eigenvalue weighted by molar-refractivity contribution is 0.104. The first kappa shape index (κ1) is 12.4. The van der Waals surface area contributed by atoms with Crippen molar-refractivity contribution in [3.05, 3.63) is 50.1 Å². The number of thiophene rings is 1. The smallest absolute Gasteiger partial charge is 0.206 e. The Morgan fingerprint density at radius 1 is 1.24 bits per heavy atom. The number of hydrogen-bond acceptors (Lipinski definition) is 3. The van der Waals surface area contributed by atoms with Crippen molar-refractivity contribution in [3.8, 4) is 5.75 Å². The van der Waals surface area contributed by atoms with E-state index in [2.05, 4.69) is 0 Å². The summed E-state index contributed by atoms with van der Waals surface area (Å²) >= 11 is 13.1. The number of rotatable bonds is 3. The molecule has 5 heteroatoms. The van der Waals surface area contributed by atoms with E-state index in [-0.39, 0.29) is 5.78 Å². The second-order valence-electron chi connectivity index (χ2n) is 3.31. The van der Waals surface area contributed by atoms with Gasteiger partial charge in [0, 0.05) is 15.6 Å². The molecule has 0 fully saturated rings. The zero-order valence-electron chi connectivity index (χ0n) is 8.87. The molecule has 2 rings (SSSR count). The van der Waals surface area contributed by atoms with Crippen LogP contribution in [0.25, 0.3) is 0 Å². The van der Waals surface area contributed by atoms with Gasteiger partial charge in [0.25, 0.3) is 0 Å². The Kier molecular flexibility index (Phi) is 3.72. The van der Waals surface area contributed by atoms with E-state index in [4.69, 9.17) is 27.9 Å². The fourth-order valence-electron chi connectivity index (χ4n) is 1.44. The molecule has 0 aliphatic carbocycles. The lowest BCUT2D eigenvalue weighted by Crippen LogP contribution is -2.00. The maximum Gasteiger partial charge on any atom is 0.206 e. The molecule has 17 heavy (non-hydrogen) atoms. The third kappa shape index (κ3) is 2.63. The molecule has 0 saturated heterocycles. The first-order valence-electron chi connectivity index (χ1n) is 4.74. The van der Waals surface area contributed by atoms with E-state index in [0.29, 0.717) is 26.2 Å². The van der Waals surface area contributed by atoms with Crippen LogP contribution in [0.3, 0.4) is 0 Å². The average Bonchev–Trinajstić information content (AvgIpc) is 2.74. The summed E-state index contributed by atoms with van der Waals surface area (Å²) in [5.74, 6) is 0.428. The second-order valence-corrected chi connectivity index (χ2v) is 5.09. The van der Waals surface area contributed by atoms with Crippen LogP contribution in [0.5, 0.6) is 5.75 Å². The monoisotopic (exact) mass is 286 g/mol. The minimum Gasteiger partial charge on any atom is -0.495 e. The van der Waals surface area contributed by atoms with Crippen LogP contribution < -0.4 is 4.74 Å². The molecular weight excluding hydrogens is 279 g/mol. The van der Waals surface area contributed by atoms with E-state index < -0.39 is 0 Å². The summed E-state index contributed by atoms with van der Waals surface area (Å²) in [6.07, 6.45) is 0. The maximum atomic E-state index is 12.2. The molecule has 0 atom stereocenters. The zero-order valence-corrected chi connectivity index (χ0v) is 11.2. The van der Waals surface area contributed by atoms with E-state index in [9.17, 15) is 4.79 Å². The van der Waals surface area contributed by atoms with Gasteiger partial charge in [0.15, 0.2) is 0 Å². The van der Waals surface area contributed by atoms with Crippen LogP contribution in [-0.2, 0) is 0 Å². The summed E-state index contributed by atoms with van der Waals surface area (Å²) in [5.41, 5.74) is 0.461. The number of hydrogen-bond donors (Lipinski definition) is 0. The van der Waals surface area contributed by atoms with Gasteiger partial charge in [-0.1, -0.05) is 23.2 Å². The number of ketones is 1. The lowest BCUT2D eigenvalue weighted by Gasteiger charge is -2.03. The Labute approximate surface area is 113 Å². The maximum absolute atomic E-state index is 12.2. The van der Waals surface area contributed by atoms with E-state index in [0.717, 1.165) is 0 Å². The standard InChI is InChI=1S/C12H8Cl2O2S/c1-16-10-2-3-17-12(10)11(15)7-4-8(13)6-9(14)5-7/h2-6H,1H3. The zero-order chi connectivity index (χ0) is 12.4. The van der Waals surface area contributed by atoms with Crippen LogP contribution in [-0.4, -0.2) is 12.9 Å². The van der Waals surface area contributed by atoms with Gasteiger partial charge in [-0.3, -0.25) is 4.79 Å². The molecule has 0 saturated carbocycles. The van der Waals surface area contributed by atoms with Crippen LogP contribution in [0.4, 0.5) is 0 Å². The molecule has 0 aliphatic heterocycles. The van der Waals surface area contributed by atoms with Crippen molar-refractivity contribution >= 4 is 40.3 Å². The molecule has 0 aliphatic rings. The highest BCUT2D eigenvalue weighted by atomic mass is 35.5. The van der Waals surface area contributed by atoms with Gasteiger partial charge in [-0.05, 0) is 29.6 Å². The predicted molar refractivity (Wildman–Crippen MR) is 70.8 cm³/mol. The molecule has 0 N–H and O–H groups in total. The summed E-state index contributed by atoms with van der Waals surface area (Å²) < 4.78 is 5.11. The van der Waals surface area contributed by atoms with Crippen LogP contribution in [0.2, 0.25) is 10.0 Å². The second kappa shape index (κ2) is 5.08. The average molecular weight is 287 g/mol. The van der Waals surface area contributed by atoms with Crippen LogP contribution in [0.1, 0.15) is 15.2 Å². The van der Waals surface area contributed by atoms with Gasteiger partial charge >= 0.3 is 0 Å². The Morgan fingerprint density at radius 2 is 1.88 bits per heavy atom. The highest BCUT2D eigenvalue weighted by molar-refractivity contribution is 7.12. The first-order chi connectivity index (χ1) is 8.11. The van der Waals surface area contributed by atoms with Gasteiger partial charge in [-0.15, -0.1) is 11.3 Å². The predicted octanol–water partition coefficient (Wildman–Crippen LogP) is 4.29. The Morgan fingerprint density at radius 3 is 2.47 bits per heavy atom. The van der Waals surface area contributed by atoms with E-state index in [1.165, 1.54) is 18.4 Å². The molecule has 0 bridgehead atoms. The molecule has 0 unspecified atom stereocenters. The Hall–Kier alpha value is -1.03.